The van der Waals surface area contributed by atoms with E-state index in [-0.39, 0.29) is 29.9 Å². The molecule has 1 aromatic rings. The molecular weight excluding hydrogens is 417 g/mol. The summed E-state index contributed by atoms with van der Waals surface area (Å²) >= 11 is 0. The Labute approximate surface area is 161 Å². The second-order valence-corrected chi connectivity index (χ2v) is 6.83. The van der Waals surface area contributed by atoms with Gasteiger partial charge >= 0.3 is 0 Å². The standard InChI is InChI=1S/C17H27N5O.HI/c1-13-5-6-14(20-11-13)21-15(23)7-9-19-16(18-4)22-10-8-17(2,3)12-22;/h5-6,11H,7-10,12H2,1-4H3,(H,18,19)(H,20,21,23);1H. The van der Waals surface area contributed by atoms with Crippen LogP contribution < -0.4 is 10.6 Å². The molecule has 0 aromatic carbocycles. The number of hydrogen-bond acceptors (Lipinski definition) is 3. The molecule has 0 aliphatic carbocycles. The van der Waals surface area contributed by atoms with Crippen LogP contribution in [0.1, 0.15) is 32.3 Å². The zero-order valence-electron chi connectivity index (χ0n) is 14.9. The van der Waals surface area contributed by atoms with E-state index >= 15 is 0 Å². The molecule has 6 nitrogen and oxygen atoms in total. The molecule has 1 amide bonds. The number of halogens is 1. The van der Waals surface area contributed by atoms with Crippen molar-refractivity contribution in [3.63, 3.8) is 0 Å². The third-order valence-corrected chi connectivity index (χ3v) is 4.00. The van der Waals surface area contributed by atoms with Crippen LogP contribution in [0.2, 0.25) is 0 Å². The van der Waals surface area contributed by atoms with Crippen LogP contribution in [0, 0.1) is 12.3 Å². The molecule has 24 heavy (non-hydrogen) atoms. The second-order valence-electron chi connectivity index (χ2n) is 6.83. The molecular formula is C17H28IN5O. The van der Waals surface area contributed by atoms with Crippen molar-refractivity contribution in [2.45, 2.75) is 33.6 Å². The van der Waals surface area contributed by atoms with Crippen LogP contribution in [0.4, 0.5) is 5.82 Å². The largest absolute Gasteiger partial charge is 0.356 e. The van der Waals surface area contributed by atoms with E-state index in [2.05, 4.69) is 39.4 Å². The molecule has 0 spiro atoms. The Hall–Kier alpha value is -1.38. The number of amides is 1. The number of guanidine groups is 1. The van der Waals surface area contributed by atoms with Crippen molar-refractivity contribution in [3.8, 4) is 0 Å². The van der Waals surface area contributed by atoms with Gasteiger partial charge in [0.1, 0.15) is 5.82 Å². The van der Waals surface area contributed by atoms with E-state index in [1.807, 2.05) is 19.1 Å². The number of carbonyl (C=O) groups excluding carboxylic acids is 1. The van der Waals surface area contributed by atoms with Gasteiger partial charge < -0.3 is 15.5 Å². The summed E-state index contributed by atoms with van der Waals surface area (Å²) in [7, 11) is 1.78. The van der Waals surface area contributed by atoms with Crippen LogP contribution in [0.25, 0.3) is 0 Å². The van der Waals surface area contributed by atoms with Gasteiger partial charge in [0.05, 0.1) is 0 Å². The number of nitrogens with zero attached hydrogens (tertiary/aromatic N) is 3. The van der Waals surface area contributed by atoms with Crippen LogP contribution in [0.3, 0.4) is 0 Å². The van der Waals surface area contributed by atoms with Crippen molar-refractivity contribution in [1.82, 2.24) is 15.2 Å². The Bertz CT molecular complexity index is 571. The Morgan fingerprint density at radius 1 is 1.42 bits per heavy atom. The van der Waals surface area contributed by atoms with Crippen molar-refractivity contribution in [1.29, 1.82) is 0 Å². The average Bonchev–Trinajstić information content (AvgIpc) is 2.86. The van der Waals surface area contributed by atoms with E-state index in [0.717, 1.165) is 31.0 Å². The zero-order chi connectivity index (χ0) is 16.9. The minimum atomic E-state index is -0.0499. The number of aromatic nitrogens is 1. The number of hydrogen-bond donors (Lipinski definition) is 2. The van der Waals surface area contributed by atoms with Gasteiger partial charge in [0, 0.05) is 39.3 Å². The lowest BCUT2D eigenvalue weighted by molar-refractivity contribution is -0.116. The molecule has 1 fully saturated rings. The van der Waals surface area contributed by atoms with Crippen LogP contribution in [-0.2, 0) is 4.79 Å². The van der Waals surface area contributed by atoms with Gasteiger partial charge in [0.2, 0.25) is 5.91 Å². The highest BCUT2D eigenvalue weighted by Gasteiger charge is 2.30. The number of likely N-dealkylation sites (tertiary alicyclic amines) is 1. The number of carbonyl (C=O) groups is 1. The Morgan fingerprint density at radius 3 is 2.71 bits per heavy atom. The molecule has 134 valence electrons. The van der Waals surface area contributed by atoms with E-state index in [1.165, 1.54) is 0 Å². The van der Waals surface area contributed by atoms with Gasteiger partial charge in [-0.05, 0) is 30.4 Å². The molecule has 1 aliphatic rings. The third kappa shape index (κ3) is 6.26. The molecule has 0 saturated carbocycles. The van der Waals surface area contributed by atoms with Crippen LogP contribution in [0.5, 0.6) is 0 Å². The fourth-order valence-corrected chi connectivity index (χ4v) is 2.66. The molecule has 2 heterocycles. The van der Waals surface area contributed by atoms with E-state index in [0.29, 0.717) is 24.2 Å². The van der Waals surface area contributed by atoms with Gasteiger partial charge in [-0.1, -0.05) is 19.9 Å². The monoisotopic (exact) mass is 445 g/mol. The first-order chi connectivity index (χ1) is 10.9. The van der Waals surface area contributed by atoms with Crippen molar-refractivity contribution in [3.05, 3.63) is 23.9 Å². The molecule has 1 aliphatic heterocycles. The van der Waals surface area contributed by atoms with Gasteiger partial charge in [-0.3, -0.25) is 9.79 Å². The fourth-order valence-electron chi connectivity index (χ4n) is 2.66. The first kappa shape index (κ1) is 20.7. The van der Waals surface area contributed by atoms with Crippen molar-refractivity contribution in [2.24, 2.45) is 10.4 Å². The number of aliphatic imine (C=N–C) groups is 1. The summed E-state index contributed by atoms with van der Waals surface area (Å²) < 4.78 is 0. The first-order valence-electron chi connectivity index (χ1n) is 8.08. The Kier molecular flexibility index (Phi) is 7.92. The summed E-state index contributed by atoms with van der Waals surface area (Å²) in [5, 5.41) is 6.07. The quantitative estimate of drug-likeness (QED) is 0.425. The number of aryl methyl sites for hydroxylation is 1. The maximum atomic E-state index is 11.9. The lowest BCUT2D eigenvalue weighted by Crippen LogP contribution is -2.41. The molecule has 0 atom stereocenters. The van der Waals surface area contributed by atoms with Gasteiger partial charge in [0.15, 0.2) is 5.96 Å². The van der Waals surface area contributed by atoms with Gasteiger partial charge in [0.25, 0.3) is 0 Å². The maximum Gasteiger partial charge on any atom is 0.227 e. The highest BCUT2D eigenvalue weighted by Crippen LogP contribution is 2.28. The number of nitrogens with one attached hydrogen (secondary N) is 2. The van der Waals surface area contributed by atoms with Crippen LogP contribution in [0.15, 0.2) is 23.3 Å². The predicted octanol–water partition coefficient (Wildman–Crippen LogP) is 2.64. The predicted molar refractivity (Wildman–Crippen MR) is 109 cm³/mol. The molecule has 0 radical (unpaired) electrons. The summed E-state index contributed by atoms with van der Waals surface area (Å²) in [6, 6.07) is 3.74. The van der Waals surface area contributed by atoms with Gasteiger partial charge in [-0.15, -0.1) is 24.0 Å². The molecule has 0 unspecified atom stereocenters. The lowest BCUT2D eigenvalue weighted by atomic mass is 9.93. The lowest BCUT2D eigenvalue weighted by Gasteiger charge is -2.23. The SMILES string of the molecule is CN=C(NCCC(=O)Nc1ccc(C)cn1)N1CCC(C)(C)C1.I. The molecule has 2 rings (SSSR count). The van der Waals surface area contributed by atoms with Gasteiger partial charge in [-0.2, -0.15) is 0 Å². The topological polar surface area (TPSA) is 69.6 Å². The molecule has 1 aromatic heterocycles. The highest BCUT2D eigenvalue weighted by molar-refractivity contribution is 14.0. The third-order valence-electron chi connectivity index (χ3n) is 4.00. The molecule has 7 heteroatoms. The summed E-state index contributed by atoms with van der Waals surface area (Å²) in [6.45, 7) is 9.05. The normalized spacial score (nSPS) is 16.5. The fraction of sp³-hybridized carbons (Fsp3) is 0.588. The smallest absolute Gasteiger partial charge is 0.227 e. The zero-order valence-corrected chi connectivity index (χ0v) is 17.3. The van der Waals surface area contributed by atoms with Crippen molar-refractivity contribution >= 4 is 41.7 Å². The summed E-state index contributed by atoms with van der Waals surface area (Å²) in [4.78, 5) is 22.7. The van der Waals surface area contributed by atoms with E-state index in [1.54, 1.807) is 13.2 Å². The maximum absolute atomic E-state index is 11.9. The summed E-state index contributed by atoms with van der Waals surface area (Å²) in [6.07, 6.45) is 3.28. The molecule has 0 bridgehead atoms. The summed E-state index contributed by atoms with van der Waals surface area (Å²) in [5.74, 6) is 1.41. The van der Waals surface area contributed by atoms with E-state index in [9.17, 15) is 4.79 Å². The summed E-state index contributed by atoms with van der Waals surface area (Å²) in [5.41, 5.74) is 1.40. The minimum absolute atomic E-state index is 0. The van der Waals surface area contributed by atoms with Gasteiger partial charge in [-0.25, -0.2) is 4.98 Å². The van der Waals surface area contributed by atoms with Crippen molar-refractivity contribution < 1.29 is 4.79 Å². The first-order valence-corrected chi connectivity index (χ1v) is 8.08. The van der Waals surface area contributed by atoms with E-state index < -0.39 is 0 Å². The highest BCUT2D eigenvalue weighted by atomic mass is 127. The average molecular weight is 445 g/mol. The molecule has 1 saturated heterocycles. The number of anilines is 1. The van der Waals surface area contributed by atoms with E-state index in [4.69, 9.17) is 0 Å². The Balaban J connectivity index is 0.00000288. The number of pyridine rings is 1. The minimum Gasteiger partial charge on any atom is -0.356 e. The second kappa shape index (κ2) is 9.19. The molecule has 2 N–H and O–H groups in total. The number of rotatable bonds is 4. The Morgan fingerprint density at radius 2 is 2.17 bits per heavy atom. The van der Waals surface area contributed by atoms with Crippen LogP contribution in [-0.4, -0.2) is 48.4 Å². The van der Waals surface area contributed by atoms with Crippen molar-refractivity contribution in [2.75, 3.05) is 32.0 Å². The van der Waals surface area contributed by atoms with Crippen LogP contribution >= 0.6 is 24.0 Å².